The molecule has 2 amide bonds. The summed E-state index contributed by atoms with van der Waals surface area (Å²) in [6, 6.07) is 26.7. The first-order valence-electron chi connectivity index (χ1n) is 14.6. The number of amides is 2. The topological polar surface area (TPSA) is 67.2 Å². The van der Waals surface area contributed by atoms with Crippen molar-refractivity contribution in [1.29, 1.82) is 0 Å². The fourth-order valence-corrected chi connectivity index (χ4v) is 5.20. The van der Waals surface area contributed by atoms with E-state index in [9.17, 15) is 9.59 Å². The van der Waals surface area contributed by atoms with Crippen molar-refractivity contribution < 1.29 is 9.59 Å². The van der Waals surface area contributed by atoms with E-state index < -0.39 is 0 Å². The maximum atomic E-state index is 13.5. The van der Waals surface area contributed by atoms with Gasteiger partial charge >= 0.3 is 0 Å². The molecule has 210 valence electrons. The highest BCUT2D eigenvalue weighted by atomic mass is 16.2. The lowest BCUT2D eigenvalue weighted by Crippen LogP contribution is -2.45. The van der Waals surface area contributed by atoms with Gasteiger partial charge in [-0.1, -0.05) is 80.6 Å². The minimum Gasteiger partial charge on any atom is -0.356 e. The molecule has 0 radical (unpaired) electrons. The summed E-state index contributed by atoms with van der Waals surface area (Å²) in [6.07, 6.45) is 3.62. The lowest BCUT2D eigenvalue weighted by molar-refractivity contribution is -0.136. The molecule has 6 nitrogen and oxygen atoms in total. The Labute approximate surface area is 238 Å². The smallest absolute Gasteiger partial charge is 0.243 e. The van der Waals surface area contributed by atoms with Crippen LogP contribution in [0.2, 0.25) is 0 Å². The van der Waals surface area contributed by atoms with Crippen LogP contribution in [-0.2, 0) is 29.0 Å². The van der Waals surface area contributed by atoms with Gasteiger partial charge < -0.3 is 14.8 Å². The highest BCUT2D eigenvalue weighted by molar-refractivity contribution is 5.82. The van der Waals surface area contributed by atoms with E-state index in [4.69, 9.17) is 4.98 Å². The van der Waals surface area contributed by atoms with Gasteiger partial charge in [0.1, 0.15) is 12.4 Å². The number of hydrogen-bond acceptors (Lipinski definition) is 3. The number of para-hydroxylation sites is 2. The van der Waals surface area contributed by atoms with Gasteiger partial charge in [-0.05, 0) is 61.9 Å². The maximum absolute atomic E-state index is 13.5. The van der Waals surface area contributed by atoms with Gasteiger partial charge in [0, 0.05) is 25.0 Å². The molecule has 0 saturated carbocycles. The van der Waals surface area contributed by atoms with Gasteiger partial charge in [0.25, 0.3) is 0 Å². The molecular formula is C34H42N4O2. The molecule has 4 rings (SSSR count). The first-order valence-corrected chi connectivity index (χ1v) is 14.6. The van der Waals surface area contributed by atoms with Crippen molar-refractivity contribution in [3.63, 3.8) is 0 Å². The molecule has 3 aromatic carbocycles. The number of hydrogen-bond donors (Lipinski definition) is 1. The first kappa shape index (κ1) is 29.1. The van der Waals surface area contributed by atoms with Crippen molar-refractivity contribution in [2.75, 3.05) is 6.54 Å². The number of rotatable bonds is 13. The van der Waals surface area contributed by atoms with Gasteiger partial charge in [0.15, 0.2) is 0 Å². The van der Waals surface area contributed by atoms with Crippen molar-refractivity contribution in [3.05, 3.63) is 90.3 Å². The van der Waals surface area contributed by atoms with Gasteiger partial charge in [0.05, 0.1) is 17.5 Å². The quantitative estimate of drug-likeness (QED) is 0.200. The number of fused-ring (bicyclic) bond motifs is 1. The van der Waals surface area contributed by atoms with Crippen LogP contribution < -0.4 is 5.32 Å². The Morgan fingerprint density at radius 1 is 0.850 bits per heavy atom. The van der Waals surface area contributed by atoms with Crippen LogP contribution in [0.25, 0.3) is 22.2 Å². The third-order valence-corrected chi connectivity index (χ3v) is 7.77. The summed E-state index contributed by atoms with van der Waals surface area (Å²) in [6.45, 7) is 9.33. The second-order valence-electron chi connectivity index (χ2n) is 10.6. The first-order chi connectivity index (χ1) is 19.4. The summed E-state index contributed by atoms with van der Waals surface area (Å²) in [5.41, 5.74) is 5.17. The van der Waals surface area contributed by atoms with Crippen LogP contribution in [0.1, 0.15) is 58.3 Å². The summed E-state index contributed by atoms with van der Waals surface area (Å²) < 4.78 is 2.06. The van der Waals surface area contributed by atoms with Crippen LogP contribution >= 0.6 is 0 Å². The Kier molecular flexibility index (Phi) is 10.1. The Hall–Kier alpha value is -3.93. The predicted molar refractivity (Wildman–Crippen MR) is 163 cm³/mol. The van der Waals surface area contributed by atoms with Crippen LogP contribution in [-0.4, -0.2) is 44.9 Å². The van der Waals surface area contributed by atoms with Gasteiger partial charge in [-0.3, -0.25) is 9.59 Å². The van der Waals surface area contributed by atoms with Gasteiger partial charge in [-0.2, -0.15) is 0 Å². The molecule has 40 heavy (non-hydrogen) atoms. The van der Waals surface area contributed by atoms with Crippen molar-refractivity contribution in [1.82, 2.24) is 19.8 Å². The minimum atomic E-state index is 0.00823. The van der Waals surface area contributed by atoms with Crippen molar-refractivity contribution in [2.24, 2.45) is 0 Å². The van der Waals surface area contributed by atoms with Gasteiger partial charge in [0.2, 0.25) is 11.8 Å². The van der Waals surface area contributed by atoms with E-state index in [1.807, 2.05) is 59.5 Å². The third-order valence-electron chi connectivity index (χ3n) is 7.77. The lowest BCUT2D eigenvalue weighted by atomic mass is 10.0. The minimum absolute atomic E-state index is 0.00823. The number of benzene rings is 3. The van der Waals surface area contributed by atoms with Crippen LogP contribution in [0.15, 0.2) is 78.9 Å². The van der Waals surface area contributed by atoms with Crippen LogP contribution in [0.5, 0.6) is 0 Å². The fourth-order valence-electron chi connectivity index (χ4n) is 5.20. The van der Waals surface area contributed by atoms with Gasteiger partial charge in [-0.15, -0.1) is 0 Å². The summed E-state index contributed by atoms with van der Waals surface area (Å²) in [7, 11) is 0. The average molecular weight is 539 g/mol. The molecule has 0 aliphatic heterocycles. The summed E-state index contributed by atoms with van der Waals surface area (Å²) in [5, 5.41) is 3.05. The highest BCUT2D eigenvalue weighted by Crippen LogP contribution is 2.21. The number of carbonyl (C=O) groups excluding carboxylic acids is 2. The van der Waals surface area contributed by atoms with Crippen molar-refractivity contribution in [2.45, 2.75) is 78.4 Å². The van der Waals surface area contributed by atoms with Gasteiger partial charge in [-0.25, -0.2) is 4.98 Å². The number of imidazole rings is 1. The van der Waals surface area contributed by atoms with E-state index in [1.54, 1.807) is 0 Å². The Morgan fingerprint density at radius 2 is 1.48 bits per heavy atom. The number of aromatic nitrogens is 2. The van der Waals surface area contributed by atoms with E-state index >= 15 is 0 Å². The molecule has 0 aliphatic rings. The molecule has 0 spiro atoms. The number of nitrogens with zero attached hydrogens (tertiary/aromatic N) is 3. The summed E-state index contributed by atoms with van der Waals surface area (Å²) in [5.74, 6) is 1.02. The molecule has 0 aliphatic carbocycles. The average Bonchev–Trinajstić information content (AvgIpc) is 3.32. The van der Waals surface area contributed by atoms with E-state index in [-0.39, 0.29) is 30.4 Å². The monoisotopic (exact) mass is 538 g/mol. The molecule has 4 aromatic rings. The molecule has 0 bridgehead atoms. The van der Waals surface area contributed by atoms with E-state index in [0.717, 1.165) is 47.2 Å². The lowest BCUT2D eigenvalue weighted by Gasteiger charge is -2.34. The van der Waals surface area contributed by atoms with Crippen LogP contribution in [0.3, 0.4) is 0 Å². The largest absolute Gasteiger partial charge is 0.356 e. The molecule has 0 fully saturated rings. The second kappa shape index (κ2) is 13.9. The van der Waals surface area contributed by atoms with Crippen molar-refractivity contribution >= 4 is 22.8 Å². The Morgan fingerprint density at radius 3 is 2.15 bits per heavy atom. The molecule has 1 aromatic heterocycles. The molecule has 2 unspecified atom stereocenters. The fraction of sp³-hybridized carbons (Fsp3) is 0.382. The van der Waals surface area contributed by atoms with E-state index in [1.165, 1.54) is 5.56 Å². The zero-order valence-corrected chi connectivity index (χ0v) is 24.3. The number of nitrogens with one attached hydrogen (secondary N) is 1. The number of aryl methyl sites for hydroxylation is 1. The molecular weight excluding hydrogens is 496 g/mol. The summed E-state index contributed by atoms with van der Waals surface area (Å²) >= 11 is 0. The second-order valence-corrected chi connectivity index (χ2v) is 10.6. The number of carbonyl (C=O) groups is 2. The SMILES string of the molecule is CCC(C)N(C(=O)Cn1c(CCCNC(=O)Cc2ccc(-c3ccccc3)cc2)nc2ccccc21)C(C)CC. The summed E-state index contributed by atoms with van der Waals surface area (Å²) in [4.78, 5) is 33.0. The molecule has 0 saturated heterocycles. The molecule has 1 N–H and O–H groups in total. The van der Waals surface area contributed by atoms with E-state index in [0.29, 0.717) is 19.4 Å². The Bertz CT molecular complexity index is 1380. The zero-order chi connectivity index (χ0) is 28.5. The normalized spacial score (nSPS) is 12.7. The predicted octanol–water partition coefficient (Wildman–Crippen LogP) is 6.42. The maximum Gasteiger partial charge on any atom is 0.243 e. The van der Waals surface area contributed by atoms with Crippen LogP contribution in [0, 0.1) is 0 Å². The zero-order valence-electron chi connectivity index (χ0n) is 24.3. The molecule has 1 heterocycles. The van der Waals surface area contributed by atoms with E-state index in [2.05, 4.69) is 61.8 Å². The van der Waals surface area contributed by atoms with Crippen LogP contribution in [0.4, 0.5) is 0 Å². The third kappa shape index (κ3) is 7.17. The highest BCUT2D eigenvalue weighted by Gasteiger charge is 2.25. The standard InChI is InChI=1S/C34H42N4O2/c1-5-25(3)38(26(4)6-2)34(40)24-37-31-16-11-10-15-30(31)36-32(37)17-12-22-35-33(39)23-27-18-20-29(21-19-27)28-13-8-7-9-14-28/h7-11,13-16,18-21,25-26H,5-6,12,17,22-24H2,1-4H3,(H,35,39). The molecule has 2 atom stereocenters. The Balaban J connectivity index is 1.35. The molecule has 6 heteroatoms. The van der Waals surface area contributed by atoms with Crippen molar-refractivity contribution in [3.8, 4) is 11.1 Å².